The first kappa shape index (κ1) is 20.7. The van der Waals surface area contributed by atoms with Gasteiger partial charge in [0.05, 0.1) is 12.2 Å². The first-order chi connectivity index (χ1) is 12.6. The van der Waals surface area contributed by atoms with Crippen LogP contribution >= 0.6 is 0 Å². The van der Waals surface area contributed by atoms with Crippen LogP contribution < -0.4 is 10.6 Å². The summed E-state index contributed by atoms with van der Waals surface area (Å²) in [5.41, 5.74) is 0.987. The molecule has 1 fully saturated rings. The fraction of sp³-hybridized carbons (Fsp3) is 0.556. The molecule has 1 aliphatic heterocycles. The van der Waals surface area contributed by atoms with Crippen molar-refractivity contribution in [2.75, 3.05) is 6.54 Å². The van der Waals surface area contributed by atoms with Crippen molar-refractivity contribution in [3.8, 4) is 0 Å². The van der Waals surface area contributed by atoms with E-state index >= 15 is 0 Å². The molecule has 2 N–H and O–H groups in total. The van der Waals surface area contributed by atoms with Crippen molar-refractivity contribution in [3.05, 3.63) is 41.0 Å². The van der Waals surface area contributed by atoms with Gasteiger partial charge in [-0.3, -0.25) is 24.3 Å². The van der Waals surface area contributed by atoms with Crippen molar-refractivity contribution in [2.45, 2.75) is 57.9 Å². The molecule has 1 saturated heterocycles. The fourth-order valence-corrected chi connectivity index (χ4v) is 2.75. The lowest BCUT2D eigenvalue weighted by Gasteiger charge is -2.21. The summed E-state index contributed by atoms with van der Waals surface area (Å²) in [6, 6.07) is 2.35. The van der Waals surface area contributed by atoms with E-state index in [0.717, 1.165) is 4.90 Å². The first-order valence-corrected chi connectivity index (χ1v) is 8.67. The highest BCUT2D eigenvalue weighted by atomic mass is 19.3. The molecule has 2 amide bonds. The van der Waals surface area contributed by atoms with E-state index in [4.69, 9.17) is 6.57 Å². The molecule has 0 aromatic carbocycles. The van der Waals surface area contributed by atoms with Gasteiger partial charge >= 0.3 is 6.17 Å². The number of nitrogens with zero attached hydrogens (tertiary/aromatic N) is 3. The number of rotatable bonds is 6. The van der Waals surface area contributed by atoms with Gasteiger partial charge in [0.1, 0.15) is 12.5 Å². The molecule has 0 bridgehead atoms. The largest absolute Gasteiger partial charge is 0.341 e. The predicted molar refractivity (Wildman–Crippen MR) is 94.8 cm³/mol. The molecular formula is C18H23F2N5O2. The second-order valence-corrected chi connectivity index (χ2v) is 6.90. The van der Waals surface area contributed by atoms with Gasteiger partial charge in [0.2, 0.25) is 0 Å². The molecule has 0 saturated carbocycles. The van der Waals surface area contributed by atoms with Gasteiger partial charge in [-0.15, -0.1) is 0 Å². The third kappa shape index (κ3) is 5.44. The monoisotopic (exact) mass is 379 g/mol. The zero-order chi connectivity index (χ0) is 20.2. The van der Waals surface area contributed by atoms with Gasteiger partial charge in [0.15, 0.2) is 0 Å². The number of nitrogens with one attached hydrogen (secondary N) is 2. The quantitative estimate of drug-likeness (QED) is 0.739. The number of alkyl halides is 2. The van der Waals surface area contributed by atoms with Crippen molar-refractivity contribution >= 4 is 11.8 Å². The Hall–Kier alpha value is -2.60. The summed E-state index contributed by atoms with van der Waals surface area (Å²) < 4.78 is 27.0. The average Bonchev–Trinajstić information content (AvgIpc) is 2.94. The molecule has 9 heteroatoms. The maximum absolute atomic E-state index is 13.5. The Kier molecular flexibility index (Phi) is 6.44. The number of amides is 2. The Balaban J connectivity index is 2.02. The lowest BCUT2D eigenvalue weighted by atomic mass is 10.2. The topological polar surface area (TPSA) is 78.7 Å². The van der Waals surface area contributed by atoms with Crippen molar-refractivity contribution < 1.29 is 18.4 Å². The normalized spacial score (nSPS) is 19.6. The Morgan fingerprint density at radius 2 is 2.15 bits per heavy atom. The minimum Gasteiger partial charge on any atom is -0.341 e. The van der Waals surface area contributed by atoms with Crippen LogP contribution in [0.4, 0.5) is 8.78 Å². The van der Waals surface area contributed by atoms with Crippen LogP contribution in [0.25, 0.3) is 4.85 Å². The van der Waals surface area contributed by atoms with Gasteiger partial charge in [-0.05, 0) is 19.1 Å². The Bertz CT molecular complexity index is 748. The molecule has 0 aliphatic carbocycles. The molecule has 27 heavy (non-hydrogen) atoms. The van der Waals surface area contributed by atoms with Gasteiger partial charge in [0, 0.05) is 24.3 Å². The average molecular weight is 379 g/mol. The number of hydrogen-bond acceptors (Lipinski definition) is 4. The van der Waals surface area contributed by atoms with Crippen LogP contribution in [0.15, 0.2) is 18.3 Å². The highest BCUT2D eigenvalue weighted by Gasteiger charge is 2.51. The highest BCUT2D eigenvalue weighted by molar-refractivity contribution is 5.97. The maximum Gasteiger partial charge on any atom is 0.306 e. The Morgan fingerprint density at radius 3 is 2.78 bits per heavy atom. The van der Waals surface area contributed by atoms with Crippen molar-refractivity contribution in [2.24, 2.45) is 0 Å². The van der Waals surface area contributed by atoms with Gasteiger partial charge in [0.25, 0.3) is 17.7 Å². The van der Waals surface area contributed by atoms with Crippen LogP contribution in [-0.2, 0) is 11.3 Å². The van der Waals surface area contributed by atoms with Gasteiger partial charge < -0.3 is 10.6 Å². The molecule has 2 rings (SSSR count). The molecule has 2 atom stereocenters. The molecular weight excluding hydrogens is 356 g/mol. The summed E-state index contributed by atoms with van der Waals surface area (Å²) in [5, 5.41) is 5.70. The molecule has 2 heterocycles. The number of hydrogen-bond donors (Lipinski definition) is 2. The summed E-state index contributed by atoms with van der Waals surface area (Å²) in [4.78, 5) is 32.9. The maximum atomic E-state index is 13.5. The minimum atomic E-state index is -3.09. The summed E-state index contributed by atoms with van der Waals surface area (Å²) in [5.74, 6) is -4.29. The number of aromatic nitrogens is 1. The van der Waals surface area contributed by atoms with Crippen molar-refractivity contribution in [1.82, 2.24) is 20.5 Å². The standard InChI is InChI=1S/C18H23F2N5O2/c1-11(2)23-9-14-7-13(5-6-22-14)16(26)24-12(3)17(27)25-10-18(19,20)8-15(25)21-4/h5-7,11-12,15,23H,8-10H2,1-3H3,(H,24,26). The smallest absolute Gasteiger partial charge is 0.306 e. The lowest BCUT2D eigenvalue weighted by Crippen LogP contribution is -2.48. The van der Waals surface area contributed by atoms with Gasteiger partial charge in [-0.25, -0.2) is 15.4 Å². The van der Waals surface area contributed by atoms with Crippen LogP contribution in [0.5, 0.6) is 0 Å². The van der Waals surface area contributed by atoms with E-state index in [0.29, 0.717) is 17.8 Å². The van der Waals surface area contributed by atoms with Crippen LogP contribution in [0.3, 0.4) is 0 Å². The van der Waals surface area contributed by atoms with E-state index in [9.17, 15) is 18.4 Å². The second kappa shape index (κ2) is 8.39. The molecule has 1 aromatic heterocycles. The number of carbonyl (C=O) groups is 2. The second-order valence-electron chi connectivity index (χ2n) is 6.90. The zero-order valence-corrected chi connectivity index (χ0v) is 15.5. The molecule has 1 aromatic rings. The van der Waals surface area contributed by atoms with Gasteiger partial charge in [-0.1, -0.05) is 13.8 Å². The van der Waals surface area contributed by atoms with Gasteiger partial charge in [-0.2, -0.15) is 0 Å². The van der Waals surface area contributed by atoms with E-state index in [1.165, 1.54) is 19.2 Å². The van der Waals surface area contributed by atoms with E-state index in [1.54, 1.807) is 6.07 Å². The van der Waals surface area contributed by atoms with Crippen molar-refractivity contribution in [1.29, 1.82) is 0 Å². The van der Waals surface area contributed by atoms with Crippen LogP contribution in [0.2, 0.25) is 0 Å². The zero-order valence-electron chi connectivity index (χ0n) is 15.5. The van der Waals surface area contributed by atoms with Crippen LogP contribution in [-0.4, -0.2) is 52.4 Å². The number of halogens is 2. The van der Waals surface area contributed by atoms with E-state index in [-0.39, 0.29) is 6.04 Å². The van der Waals surface area contributed by atoms with Crippen LogP contribution in [0.1, 0.15) is 43.2 Å². The number of pyridine rings is 1. The molecule has 2 unspecified atom stereocenters. The van der Waals surface area contributed by atoms with Crippen LogP contribution in [0, 0.1) is 6.57 Å². The summed E-state index contributed by atoms with van der Waals surface area (Å²) >= 11 is 0. The Labute approximate surface area is 157 Å². The molecule has 7 nitrogen and oxygen atoms in total. The lowest BCUT2D eigenvalue weighted by molar-refractivity contribution is -0.134. The van der Waals surface area contributed by atoms with E-state index < -0.39 is 42.9 Å². The highest BCUT2D eigenvalue weighted by Crippen LogP contribution is 2.33. The molecule has 0 radical (unpaired) electrons. The first-order valence-electron chi connectivity index (χ1n) is 8.67. The summed E-state index contributed by atoms with van der Waals surface area (Å²) in [6.07, 6.45) is -0.393. The number of likely N-dealkylation sites (tertiary alicyclic amines) is 1. The third-order valence-corrected chi connectivity index (χ3v) is 4.16. The van der Waals surface area contributed by atoms with E-state index in [1.807, 2.05) is 13.8 Å². The molecule has 146 valence electrons. The SMILES string of the molecule is [C-]#[N+]C1CC(F)(F)CN1C(=O)C(C)NC(=O)c1ccnc(CNC(C)C)c1. The summed E-state index contributed by atoms with van der Waals surface area (Å²) in [7, 11) is 0. The Morgan fingerprint density at radius 1 is 1.44 bits per heavy atom. The van der Waals surface area contributed by atoms with E-state index in [2.05, 4.69) is 20.5 Å². The molecule has 1 aliphatic rings. The fourth-order valence-electron chi connectivity index (χ4n) is 2.75. The van der Waals surface area contributed by atoms with Crippen molar-refractivity contribution in [3.63, 3.8) is 0 Å². The predicted octanol–water partition coefficient (Wildman–Crippen LogP) is 1.81. The third-order valence-electron chi connectivity index (χ3n) is 4.16. The molecule has 0 spiro atoms. The minimum absolute atomic E-state index is 0.260. The summed E-state index contributed by atoms with van der Waals surface area (Å²) in [6.45, 7) is 12.1. The number of carbonyl (C=O) groups excluding carboxylic acids is 2.